The van der Waals surface area contributed by atoms with Crippen molar-refractivity contribution < 1.29 is 14.0 Å². The first-order valence-electron chi connectivity index (χ1n) is 6.36. The Balaban J connectivity index is 1.58. The van der Waals surface area contributed by atoms with Gasteiger partial charge in [-0.15, -0.1) is 0 Å². The third-order valence-electron chi connectivity index (χ3n) is 3.33. The molecule has 1 aliphatic heterocycles. The smallest absolute Gasteiger partial charge is 0.230 e. The first-order valence-corrected chi connectivity index (χ1v) is 6.36. The van der Waals surface area contributed by atoms with Crippen molar-refractivity contribution in [2.24, 2.45) is 0 Å². The molecule has 0 radical (unpaired) electrons. The van der Waals surface area contributed by atoms with E-state index in [0.29, 0.717) is 31.2 Å². The largest absolute Gasteiger partial charge is 0.463 e. The van der Waals surface area contributed by atoms with Crippen molar-refractivity contribution >= 4 is 11.8 Å². The molecule has 0 aromatic carbocycles. The van der Waals surface area contributed by atoms with Crippen LogP contribution in [0.15, 0.2) is 16.5 Å². The number of likely N-dealkylation sites (tertiary alicyclic amines) is 1. The fraction of sp³-hybridized carbons (Fsp3) is 0.538. The minimum absolute atomic E-state index is 0.103. The molecule has 0 atom stereocenters. The van der Waals surface area contributed by atoms with Crippen LogP contribution in [-0.2, 0) is 22.7 Å². The van der Waals surface area contributed by atoms with E-state index in [-0.39, 0.29) is 18.4 Å². The number of furan rings is 1. The Morgan fingerprint density at radius 3 is 2.50 bits per heavy atom. The van der Waals surface area contributed by atoms with Crippen LogP contribution in [0.25, 0.3) is 0 Å². The van der Waals surface area contributed by atoms with Crippen molar-refractivity contribution in [3.05, 3.63) is 23.7 Å². The average molecular weight is 248 g/mol. The van der Waals surface area contributed by atoms with Gasteiger partial charge in [0, 0.05) is 18.9 Å². The lowest BCUT2D eigenvalue weighted by Crippen LogP contribution is -2.28. The zero-order valence-corrected chi connectivity index (χ0v) is 10.1. The van der Waals surface area contributed by atoms with Gasteiger partial charge in [-0.2, -0.15) is 0 Å². The van der Waals surface area contributed by atoms with Crippen molar-refractivity contribution in [3.8, 4) is 0 Å². The summed E-state index contributed by atoms with van der Waals surface area (Å²) >= 11 is 0. The predicted molar refractivity (Wildman–Crippen MR) is 63.4 cm³/mol. The first kappa shape index (κ1) is 11.5. The Kier molecular flexibility index (Phi) is 2.91. The summed E-state index contributed by atoms with van der Waals surface area (Å²) in [7, 11) is 0. The van der Waals surface area contributed by atoms with Gasteiger partial charge >= 0.3 is 0 Å². The molecule has 1 aromatic heterocycles. The normalized spacial score (nSPS) is 19.9. The van der Waals surface area contributed by atoms with E-state index in [2.05, 4.69) is 5.32 Å². The summed E-state index contributed by atoms with van der Waals surface area (Å²) < 4.78 is 5.61. The molecule has 1 aliphatic carbocycles. The Hall–Kier alpha value is -1.62. The molecule has 2 heterocycles. The topological polar surface area (TPSA) is 62.6 Å². The third kappa shape index (κ3) is 2.46. The number of hydrogen-bond donors (Lipinski definition) is 1. The number of rotatable bonds is 5. The number of imide groups is 1. The highest BCUT2D eigenvalue weighted by Crippen LogP contribution is 2.20. The van der Waals surface area contributed by atoms with Gasteiger partial charge in [-0.25, -0.2) is 0 Å². The molecule has 0 unspecified atom stereocenters. The van der Waals surface area contributed by atoms with Crippen LogP contribution < -0.4 is 5.32 Å². The lowest BCUT2D eigenvalue weighted by Gasteiger charge is -2.11. The van der Waals surface area contributed by atoms with Crippen LogP contribution in [0.5, 0.6) is 0 Å². The molecule has 3 rings (SSSR count). The summed E-state index contributed by atoms with van der Waals surface area (Å²) in [5.74, 6) is 1.32. The number of carbonyl (C=O) groups excluding carboxylic acids is 2. The molecule has 2 fully saturated rings. The quantitative estimate of drug-likeness (QED) is 0.795. The van der Waals surface area contributed by atoms with Crippen LogP contribution in [0.3, 0.4) is 0 Å². The van der Waals surface area contributed by atoms with Gasteiger partial charge in [-0.05, 0) is 25.0 Å². The molecule has 1 N–H and O–H groups in total. The fourth-order valence-electron chi connectivity index (χ4n) is 2.09. The van der Waals surface area contributed by atoms with Crippen LogP contribution in [0.1, 0.15) is 37.2 Å². The van der Waals surface area contributed by atoms with Crippen molar-refractivity contribution in [2.45, 2.75) is 44.8 Å². The van der Waals surface area contributed by atoms with E-state index in [1.807, 2.05) is 12.1 Å². The van der Waals surface area contributed by atoms with Crippen molar-refractivity contribution in [1.82, 2.24) is 10.2 Å². The van der Waals surface area contributed by atoms with Crippen LogP contribution >= 0.6 is 0 Å². The van der Waals surface area contributed by atoms with E-state index < -0.39 is 0 Å². The van der Waals surface area contributed by atoms with Gasteiger partial charge in [0.1, 0.15) is 11.5 Å². The van der Waals surface area contributed by atoms with E-state index in [9.17, 15) is 9.59 Å². The van der Waals surface area contributed by atoms with Crippen molar-refractivity contribution in [3.63, 3.8) is 0 Å². The second-order valence-corrected chi connectivity index (χ2v) is 4.90. The highest BCUT2D eigenvalue weighted by Gasteiger charge is 2.29. The molecule has 1 saturated carbocycles. The predicted octanol–water partition coefficient (Wildman–Crippen LogP) is 1.18. The molecule has 18 heavy (non-hydrogen) atoms. The van der Waals surface area contributed by atoms with E-state index in [0.717, 1.165) is 5.76 Å². The second kappa shape index (κ2) is 4.57. The average Bonchev–Trinajstić information content (AvgIpc) is 3.01. The van der Waals surface area contributed by atoms with Gasteiger partial charge in [0.25, 0.3) is 0 Å². The SMILES string of the molecule is O=C1CCC(=O)N1Cc1ccc(CNC2CC2)o1. The van der Waals surface area contributed by atoms with Crippen molar-refractivity contribution in [1.29, 1.82) is 0 Å². The Bertz CT molecular complexity index is 460. The van der Waals surface area contributed by atoms with Gasteiger partial charge in [0.05, 0.1) is 13.1 Å². The third-order valence-corrected chi connectivity index (χ3v) is 3.33. The standard InChI is InChI=1S/C13H16N2O3/c16-12-5-6-13(17)15(12)8-11-4-3-10(18-11)7-14-9-1-2-9/h3-4,9,14H,1-2,5-8H2. The number of hydrogen-bond acceptors (Lipinski definition) is 4. The van der Waals surface area contributed by atoms with Crippen LogP contribution in [-0.4, -0.2) is 22.8 Å². The molecule has 96 valence electrons. The minimum Gasteiger partial charge on any atom is -0.463 e. The van der Waals surface area contributed by atoms with Gasteiger partial charge in [-0.3, -0.25) is 14.5 Å². The van der Waals surface area contributed by atoms with Gasteiger partial charge < -0.3 is 9.73 Å². The Labute approximate surface area is 105 Å². The number of nitrogens with zero attached hydrogens (tertiary/aromatic N) is 1. The fourth-order valence-corrected chi connectivity index (χ4v) is 2.09. The summed E-state index contributed by atoms with van der Waals surface area (Å²) in [4.78, 5) is 24.2. The maximum Gasteiger partial charge on any atom is 0.230 e. The zero-order chi connectivity index (χ0) is 12.5. The molecule has 0 spiro atoms. The maximum atomic E-state index is 11.5. The molecule has 2 aliphatic rings. The summed E-state index contributed by atoms with van der Waals surface area (Å²) in [6.45, 7) is 0.980. The molecule has 5 heteroatoms. The molecule has 0 bridgehead atoms. The van der Waals surface area contributed by atoms with Crippen LogP contribution in [0.2, 0.25) is 0 Å². The van der Waals surface area contributed by atoms with E-state index >= 15 is 0 Å². The Morgan fingerprint density at radius 1 is 1.17 bits per heavy atom. The van der Waals surface area contributed by atoms with Crippen LogP contribution in [0, 0.1) is 0 Å². The molecular weight excluding hydrogens is 232 g/mol. The lowest BCUT2D eigenvalue weighted by molar-refractivity contribution is -0.139. The zero-order valence-electron chi connectivity index (χ0n) is 10.1. The highest BCUT2D eigenvalue weighted by molar-refractivity contribution is 6.01. The lowest BCUT2D eigenvalue weighted by atomic mass is 10.4. The molecule has 5 nitrogen and oxygen atoms in total. The molecule has 1 saturated heterocycles. The number of amides is 2. The van der Waals surface area contributed by atoms with Gasteiger partial charge in [0.2, 0.25) is 11.8 Å². The molecular formula is C13H16N2O3. The van der Waals surface area contributed by atoms with Gasteiger partial charge in [-0.1, -0.05) is 0 Å². The molecule has 2 amide bonds. The Morgan fingerprint density at radius 2 is 1.83 bits per heavy atom. The van der Waals surface area contributed by atoms with E-state index in [1.54, 1.807) is 0 Å². The van der Waals surface area contributed by atoms with E-state index in [1.165, 1.54) is 17.7 Å². The second-order valence-electron chi connectivity index (χ2n) is 4.90. The minimum atomic E-state index is -0.103. The first-order chi connectivity index (χ1) is 8.72. The summed E-state index contributed by atoms with van der Waals surface area (Å²) in [6.07, 6.45) is 3.14. The number of carbonyl (C=O) groups is 2. The van der Waals surface area contributed by atoms with E-state index in [4.69, 9.17) is 4.42 Å². The number of nitrogens with one attached hydrogen (secondary N) is 1. The summed E-state index contributed by atoms with van der Waals surface area (Å²) in [5.41, 5.74) is 0. The monoisotopic (exact) mass is 248 g/mol. The summed E-state index contributed by atoms with van der Waals surface area (Å²) in [6, 6.07) is 4.37. The van der Waals surface area contributed by atoms with Gasteiger partial charge in [0.15, 0.2) is 0 Å². The highest BCUT2D eigenvalue weighted by atomic mass is 16.3. The van der Waals surface area contributed by atoms with Crippen molar-refractivity contribution in [2.75, 3.05) is 0 Å². The molecule has 1 aromatic rings. The van der Waals surface area contributed by atoms with Crippen LogP contribution in [0.4, 0.5) is 0 Å². The maximum absolute atomic E-state index is 11.5. The summed E-state index contributed by atoms with van der Waals surface area (Å²) in [5, 5.41) is 3.36.